The van der Waals surface area contributed by atoms with Crippen molar-refractivity contribution >= 4 is 15.9 Å². The summed E-state index contributed by atoms with van der Waals surface area (Å²) >= 11 is 3.57. The van der Waals surface area contributed by atoms with Gasteiger partial charge in [0.15, 0.2) is 0 Å². The van der Waals surface area contributed by atoms with E-state index in [1.807, 2.05) is 12.1 Å². The molecule has 1 aromatic rings. The third-order valence-electron chi connectivity index (χ3n) is 3.13. The summed E-state index contributed by atoms with van der Waals surface area (Å²) in [5.74, 6) is 0.910. The summed E-state index contributed by atoms with van der Waals surface area (Å²) in [4.78, 5) is 0. The maximum atomic E-state index is 8.46. The first kappa shape index (κ1) is 14.4. The molecule has 0 unspecified atom stereocenters. The van der Waals surface area contributed by atoms with Crippen molar-refractivity contribution in [1.82, 2.24) is 5.32 Å². The Bertz CT molecular complexity index is 452. The minimum atomic E-state index is 0.611. The Labute approximate surface area is 123 Å². The van der Waals surface area contributed by atoms with Crippen LogP contribution >= 0.6 is 15.9 Å². The fourth-order valence-corrected chi connectivity index (χ4v) is 2.20. The van der Waals surface area contributed by atoms with Crippen LogP contribution in [0.25, 0.3) is 0 Å². The van der Waals surface area contributed by atoms with Crippen molar-refractivity contribution in [2.24, 2.45) is 0 Å². The van der Waals surface area contributed by atoms with Gasteiger partial charge in [-0.05, 0) is 49.4 Å². The third kappa shape index (κ3) is 5.22. The predicted molar refractivity (Wildman–Crippen MR) is 79.0 cm³/mol. The minimum absolute atomic E-state index is 0.611. The Hall–Kier alpha value is -1.05. The molecule has 0 radical (unpaired) electrons. The monoisotopic (exact) mass is 322 g/mol. The first-order valence-corrected chi connectivity index (χ1v) is 7.60. The van der Waals surface area contributed by atoms with E-state index >= 15 is 0 Å². The van der Waals surface area contributed by atoms with Crippen LogP contribution in [-0.4, -0.2) is 12.6 Å². The lowest BCUT2D eigenvalue weighted by Gasteiger charge is -2.10. The highest BCUT2D eigenvalue weighted by Crippen LogP contribution is 2.25. The zero-order valence-electron chi connectivity index (χ0n) is 11.0. The molecule has 2 rings (SSSR count). The van der Waals surface area contributed by atoms with Crippen molar-refractivity contribution in [3.05, 3.63) is 28.2 Å². The van der Waals surface area contributed by atoms with Crippen molar-refractivity contribution in [2.45, 2.75) is 44.7 Å². The van der Waals surface area contributed by atoms with E-state index in [0.717, 1.165) is 29.6 Å². The molecule has 0 atom stereocenters. The molecular formula is C15H19BrN2O. The minimum Gasteiger partial charge on any atom is -0.494 e. The smallest absolute Gasteiger partial charge is 0.119 e. The Morgan fingerprint density at radius 3 is 2.95 bits per heavy atom. The number of nitrogens with one attached hydrogen (secondary N) is 1. The number of nitrogens with zero attached hydrogens (tertiary/aromatic N) is 1. The van der Waals surface area contributed by atoms with Gasteiger partial charge in [-0.2, -0.15) is 5.26 Å². The molecule has 4 heteroatoms. The van der Waals surface area contributed by atoms with Crippen molar-refractivity contribution in [2.75, 3.05) is 6.61 Å². The lowest BCUT2D eigenvalue weighted by molar-refractivity contribution is 0.307. The van der Waals surface area contributed by atoms with Crippen LogP contribution in [0.3, 0.4) is 0 Å². The van der Waals surface area contributed by atoms with E-state index in [1.165, 1.54) is 18.4 Å². The molecule has 1 aliphatic rings. The van der Waals surface area contributed by atoms with E-state index in [2.05, 4.69) is 33.4 Å². The highest BCUT2D eigenvalue weighted by Gasteiger charge is 2.20. The first-order valence-electron chi connectivity index (χ1n) is 6.81. The van der Waals surface area contributed by atoms with Gasteiger partial charge >= 0.3 is 0 Å². The Morgan fingerprint density at radius 2 is 2.21 bits per heavy atom. The Balaban J connectivity index is 1.79. The van der Waals surface area contributed by atoms with Gasteiger partial charge in [0.1, 0.15) is 5.75 Å². The zero-order valence-corrected chi connectivity index (χ0v) is 12.6. The van der Waals surface area contributed by atoms with E-state index in [9.17, 15) is 0 Å². The predicted octanol–water partition coefficient (Wildman–Crippen LogP) is 3.77. The van der Waals surface area contributed by atoms with Gasteiger partial charge in [0.2, 0.25) is 0 Å². The lowest BCUT2D eigenvalue weighted by Crippen LogP contribution is -2.15. The van der Waals surface area contributed by atoms with Crippen LogP contribution in [-0.2, 0) is 6.54 Å². The van der Waals surface area contributed by atoms with E-state index in [0.29, 0.717) is 19.1 Å². The van der Waals surface area contributed by atoms with Gasteiger partial charge in [0, 0.05) is 23.5 Å². The van der Waals surface area contributed by atoms with Crippen LogP contribution < -0.4 is 10.1 Å². The summed E-state index contributed by atoms with van der Waals surface area (Å²) in [6.45, 7) is 1.57. The summed E-state index contributed by atoms with van der Waals surface area (Å²) < 4.78 is 6.84. The average molecular weight is 323 g/mol. The maximum absolute atomic E-state index is 8.46. The second kappa shape index (κ2) is 7.52. The maximum Gasteiger partial charge on any atom is 0.119 e. The van der Waals surface area contributed by atoms with Gasteiger partial charge in [-0.15, -0.1) is 0 Å². The molecule has 0 amide bonds. The molecule has 1 aliphatic carbocycles. The molecule has 0 heterocycles. The van der Waals surface area contributed by atoms with Gasteiger partial charge in [-0.25, -0.2) is 0 Å². The Morgan fingerprint density at radius 1 is 1.37 bits per heavy atom. The van der Waals surface area contributed by atoms with Gasteiger partial charge in [0.05, 0.1) is 12.7 Å². The number of halogens is 1. The highest BCUT2D eigenvalue weighted by atomic mass is 79.9. The normalized spacial score (nSPS) is 14.1. The summed E-state index contributed by atoms with van der Waals surface area (Å²) in [6.07, 6.45) is 5.04. The molecule has 1 fully saturated rings. The van der Waals surface area contributed by atoms with Gasteiger partial charge in [-0.1, -0.05) is 15.9 Å². The van der Waals surface area contributed by atoms with Gasteiger partial charge in [-0.3, -0.25) is 0 Å². The highest BCUT2D eigenvalue weighted by molar-refractivity contribution is 9.10. The molecule has 1 saturated carbocycles. The van der Waals surface area contributed by atoms with E-state index < -0.39 is 0 Å². The fourth-order valence-electron chi connectivity index (χ4n) is 1.81. The lowest BCUT2D eigenvalue weighted by atomic mass is 10.2. The largest absolute Gasteiger partial charge is 0.494 e. The molecule has 0 saturated heterocycles. The first-order chi connectivity index (χ1) is 9.29. The van der Waals surface area contributed by atoms with Crippen molar-refractivity contribution in [3.8, 4) is 11.8 Å². The number of nitriles is 1. The molecule has 1 N–H and O–H groups in total. The van der Waals surface area contributed by atoms with E-state index in [4.69, 9.17) is 10.00 Å². The summed E-state index contributed by atoms with van der Waals surface area (Å²) in [5, 5.41) is 12.0. The standard InChI is InChI=1S/C15H19BrN2O/c16-15-7-6-14(19-9-3-1-2-8-17)10-12(15)11-18-13-4-5-13/h6-7,10,13,18H,1-5,9,11H2. The number of unbranched alkanes of at least 4 members (excludes halogenated alkanes) is 2. The second-order valence-electron chi connectivity index (χ2n) is 4.87. The quantitative estimate of drug-likeness (QED) is 0.741. The number of benzene rings is 1. The van der Waals surface area contributed by atoms with Gasteiger partial charge in [0.25, 0.3) is 0 Å². The molecule has 0 aromatic heterocycles. The van der Waals surface area contributed by atoms with Crippen LogP contribution in [0.1, 0.15) is 37.7 Å². The van der Waals surface area contributed by atoms with Crippen LogP contribution in [0.5, 0.6) is 5.75 Å². The summed E-state index contributed by atoms with van der Waals surface area (Å²) in [6, 6.07) is 8.96. The molecule has 0 bridgehead atoms. The second-order valence-corrected chi connectivity index (χ2v) is 5.73. The molecular weight excluding hydrogens is 304 g/mol. The van der Waals surface area contributed by atoms with Crippen LogP contribution in [0, 0.1) is 11.3 Å². The molecule has 102 valence electrons. The summed E-state index contributed by atoms with van der Waals surface area (Å²) in [5.41, 5.74) is 1.24. The van der Waals surface area contributed by atoms with Gasteiger partial charge < -0.3 is 10.1 Å². The van der Waals surface area contributed by atoms with Crippen LogP contribution in [0.4, 0.5) is 0 Å². The van der Waals surface area contributed by atoms with E-state index in [1.54, 1.807) is 0 Å². The number of rotatable bonds is 8. The van der Waals surface area contributed by atoms with Crippen molar-refractivity contribution in [3.63, 3.8) is 0 Å². The zero-order chi connectivity index (χ0) is 13.5. The molecule has 3 nitrogen and oxygen atoms in total. The van der Waals surface area contributed by atoms with Crippen LogP contribution in [0.15, 0.2) is 22.7 Å². The number of hydrogen-bond acceptors (Lipinski definition) is 3. The molecule has 1 aromatic carbocycles. The summed E-state index contributed by atoms with van der Waals surface area (Å²) in [7, 11) is 0. The number of hydrogen-bond donors (Lipinski definition) is 1. The van der Waals surface area contributed by atoms with E-state index in [-0.39, 0.29) is 0 Å². The number of ether oxygens (including phenoxy) is 1. The molecule has 0 spiro atoms. The fraction of sp³-hybridized carbons (Fsp3) is 0.533. The van der Waals surface area contributed by atoms with Crippen LogP contribution in [0.2, 0.25) is 0 Å². The average Bonchev–Trinajstić information content (AvgIpc) is 3.23. The molecule has 19 heavy (non-hydrogen) atoms. The topological polar surface area (TPSA) is 45.0 Å². The third-order valence-corrected chi connectivity index (χ3v) is 3.90. The van der Waals surface area contributed by atoms with Crippen molar-refractivity contribution < 1.29 is 4.74 Å². The van der Waals surface area contributed by atoms with Crippen molar-refractivity contribution in [1.29, 1.82) is 5.26 Å². The molecule has 0 aliphatic heterocycles. The SMILES string of the molecule is N#CCCCCOc1ccc(Br)c(CNC2CC2)c1. The Kier molecular flexibility index (Phi) is 5.68.